The van der Waals surface area contributed by atoms with Crippen LogP contribution in [-0.4, -0.2) is 24.0 Å². The molecular formula is C19H28N2O3S. The maximum atomic E-state index is 12.1. The molecule has 2 rings (SSSR count). The summed E-state index contributed by atoms with van der Waals surface area (Å²) in [7, 11) is 1.39. The van der Waals surface area contributed by atoms with Gasteiger partial charge in [-0.1, -0.05) is 33.8 Å². The van der Waals surface area contributed by atoms with Crippen molar-refractivity contribution < 1.29 is 14.3 Å². The fraction of sp³-hybridized carbons (Fsp3) is 0.632. The van der Waals surface area contributed by atoms with E-state index in [0.717, 1.165) is 25.0 Å². The minimum atomic E-state index is -0.345. The molecule has 0 aromatic carbocycles. The average molecular weight is 365 g/mol. The Morgan fingerprint density at radius 1 is 1.36 bits per heavy atom. The minimum absolute atomic E-state index is 0.0118. The summed E-state index contributed by atoms with van der Waals surface area (Å²) in [6.07, 6.45) is 3.05. The van der Waals surface area contributed by atoms with Gasteiger partial charge in [-0.2, -0.15) is 0 Å². The van der Waals surface area contributed by atoms with Gasteiger partial charge in [0, 0.05) is 23.8 Å². The molecule has 0 saturated heterocycles. The van der Waals surface area contributed by atoms with Crippen molar-refractivity contribution in [3.05, 3.63) is 23.2 Å². The molecule has 6 heteroatoms. The topological polar surface area (TPSA) is 68.3 Å². The predicted molar refractivity (Wildman–Crippen MR) is 101 cm³/mol. The number of methoxy groups -OCH3 is 1. The van der Waals surface area contributed by atoms with Gasteiger partial charge in [0.25, 0.3) is 0 Å². The highest BCUT2D eigenvalue weighted by Gasteiger charge is 2.43. The second-order valence-electron chi connectivity index (χ2n) is 7.81. The molecule has 138 valence electrons. The lowest BCUT2D eigenvalue weighted by atomic mass is 9.60. The molecule has 1 saturated carbocycles. The number of amides is 1. The number of esters is 1. The fourth-order valence-corrected chi connectivity index (χ4v) is 4.70. The van der Waals surface area contributed by atoms with E-state index in [9.17, 15) is 9.59 Å². The van der Waals surface area contributed by atoms with Gasteiger partial charge in [-0.15, -0.1) is 11.3 Å². The zero-order valence-electron chi connectivity index (χ0n) is 15.7. The van der Waals surface area contributed by atoms with Crippen LogP contribution in [0.2, 0.25) is 0 Å². The number of carbonyl (C=O) groups excluding carboxylic acids is 2. The Bertz CT molecular complexity index is 660. The first-order chi connectivity index (χ1) is 11.6. The van der Waals surface area contributed by atoms with Crippen LogP contribution in [0.25, 0.3) is 0 Å². The van der Waals surface area contributed by atoms with Gasteiger partial charge >= 0.3 is 5.97 Å². The second-order valence-corrected chi connectivity index (χ2v) is 8.67. The molecule has 1 amide bonds. The van der Waals surface area contributed by atoms with Gasteiger partial charge in [0.15, 0.2) is 5.13 Å². The number of aromatic nitrogens is 1. The van der Waals surface area contributed by atoms with E-state index >= 15 is 0 Å². The Morgan fingerprint density at radius 3 is 2.60 bits per heavy atom. The monoisotopic (exact) mass is 364 g/mol. The van der Waals surface area contributed by atoms with E-state index in [-0.39, 0.29) is 29.1 Å². The van der Waals surface area contributed by atoms with E-state index in [1.807, 2.05) is 5.38 Å². The first-order valence-electron chi connectivity index (χ1n) is 8.65. The smallest absolute Gasteiger partial charge is 0.333 e. The van der Waals surface area contributed by atoms with E-state index in [0.29, 0.717) is 16.6 Å². The average Bonchev–Trinajstić information content (AvgIpc) is 2.99. The number of nitrogens with zero attached hydrogens (tertiary/aromatic N) is 1. The van der Waals surface area contributed by atoms with Crippen molar-refractivity contribution in [1.29, 1.82) is 0 Å². The molecule has 0 bridgehead atoms. The summed E-state index contributed by atoms with van der Waals surface area (Å²) in [6, 6.07) is 0. The quantitative estimate of drug-likeness (QED) is 0.636. The van der Waals surface area contributed by atoms with Crippen molar-refractivity contribution in [2.45, 2.75) is 52.9 Å². The van der Waals surface area contributed by atoms with E-state index < -0.39 is 0 Å². The summed E-state index contributed by atoms with van der Waals surface area (Å²) in [5, 5.41) is 5.35. The molecule has 3 unspecified atom stereocenters. The zero-order valence-corrected chi connectivity index (χ0v) is 16.5. The van der Waals surface area contributed by atoms with Gasteiger partial charge in [-0.25, -0.2) is 9.78 Å². The van der Waals surface area contributed by atoms with Gasteiger partial charge in [-0.05, 0) is 30.1 Å². The number of anilines is 1. The van der Waals surface area contributed by atoms with Gasteiger partial charge in [0.05, 0.1) is 12.8 Å². The maximum absolute atomic E-state index is 12.1. The van der Waals surface area contributed by atoms with Crippen molar-refractivity contribution in [3.8, 4) is 0 Å². The van der Waals surface area contributed by atoms with Crippen LogP contribution in [0, 0.1) is 17.3 Å². The molecule has 1 aliphatic rings. The van der Waals surface area contributed by atoms with Gasteiger partial charge in [0.1, 0.15) is 0 Å². The summed E-state index contributed by atoms with van der Waals surface area (Å²) in [4.78, 5) is 28.1. The molecule has 1 aromatic heterocycles. The van der Waals surface area contributed by atoms with Crippen molar-refractivity contribution in [2.75, 3.05) is 12.4 Å². The minimum Gasteiger partial charge on any atom is -0.466 e. The summed E-state index contributed by atoms with van der Waals surface area (Å²) in [5.41, 5.74) is 1.54. The summed E-state index contributed by atoms with van der Waals surface area (Å²) in [6.45, 7) is 12.2. The number of thiazole rings is 1. The van der Waals surface area contributed by atoms with Crippen LogP contribution in [-0.2, 0) is 14.3 Å². The molecule has 1 N–H and O–H groups in total. The SMILES string of the molecule is C=C(C(=O)OC)C1CCCC(C(C)(C)C)C1c1csc(NC(C)=O)n1. The number of hydrogen-bond donors (Lipinski definition) is 1. The Balaban J connectivity index is 2.41. The first kappa shape index (κ1) is 19.6. The highest BCUT2D eigenvalue weighted by molar-refractivity contribution is 7.13. The Kier molecular flexibility index (Phi) is 6.03. The normalized spacial score (nSPS) is 23.8. The number of hydrogen-bond acceptors (Lipinski definition) is 5. The third-order valence-electron chi connectivity index (χ3n) is 5.05. The van der Waals surface area contributed by atoms with Crippen molar-refractivity contribution in [3.63, 3.8) is 0 Å². The summed E-state index contributed by atoms with van der Waals surface area (Å²) < 4.78 is 4.91. The molecule has 0 spiro atoms. The van der Waals surface area contributed by atoms with Crippen LogP contribution >= 0.6 is 11.3 Å². The van der Waals surface area contributed by atoms with Crippen molar-refractivity contribution in [1.82, 2.24) is 4.98 Å². The van der Waals surface area contributed by atoms with Crippen LogP contribution in [0.4, 0.5) is 5.13 Å². The molecular weight excluding hydrogens is 336 g/mol. The molecule has 0 aliphatic heterocycles. The van der Waals surface area contributed by atoms with Crippen LogP contribution in [0.5, 0.6) is 0 Å². The molecule has 25 heavy (non-hydrogen) atoms. The van der Waals surface area contributed by atoms with Crippen molar-refractivity contribution in [2.24, 2.45) is 17.3 Å². The van der Waals surface area contributed by atoms with E-state index in [2.05, 4.69) is 37.7 Å². The standard InChI is InChI=1S/C19H28N2O3S/c1-11(17(23)24-6)13-8-7-9-14(19(3,4)5)16(13)15-10-25-18(21-15)20-12(2)22/h10,13-14,16H,1,7-9H2,2-6H3,(H,20,21,22). The lowest BCUT2D eigenvalue weighted by Gasteiger charge is -2.44. The van der Waals surface area contributed by atoms with Crippen molar-refractivity contribution >= 4 is 28.3 Å². The molecule has 1 fully saturated rings. The molecule has 3 atom stereocenters. The highest BCUT2D eigenvalue weighted by atomic mass is 32.1. The van der Waals surface area contributed by atoms with Crippen LogP contribution in [0.1, 0.15) is 58.6 Å². The largest absolute Gasteiger partial charge is 0.466 e. The lowest BCUT2D eigenvalue weighted by Crippen LogP contribution is -2.37. The van der Waals surface area contributed by atoms with E-state index in [1.165, 1.54) is 25.4 Å². The zero-order chi connectivity index (χ0) is 18.8. The predicted octanol–water partition coefficient (Wildman–Crippen LogP) is 4.38. The maximum Gasteiger partial charge on any atom is 0.333 e. The number of carbonyl (C=O) groups is 2. The van der Waals surface area contributed by atoms with Gasteiger partial charge in [-0.3, -0.25) is 4.79 Å². The first-order valence-corrected chi connectivity index (χ1v) is 9.53. The Labute approximate surface area is 153 Å². The Hall–Kier alpha value is -1.69. The van der Waals surface area contributed by atoms with E-state index in [4.69, 9.17) is 4.74 Å². The lowest BCUT2D eigenvalue weighted by molar-refractivity contribution is -0.137. The van der Waals surface area contributed by atoms with Gasteiger partial charge < -0.3 is 10.1 Å². The second kappa shape index (κ2) is 7.68. The van der Waals surface area contributed by atoms with E-state index in [1.54, 1.807) is 0 Å². The molecule has 1 heterocycles. The number of nitrogens with one attached hydrogen (secondary N) is 1. The molecule has 1 aromatic rings. The third kappa shape index (κ3) is 4.48. The van der Waals surface area contributed by atoms with Crippen LogP contribution in [0.15, 0.2) is 17.5 Å². The number of rotatable bonds is 4. The summed E-state index contributed by atoms with van der Waals surface area (Å²) in [5.74, 6) is 0.00561. The molecule has 0 radical (unpaired) electrons. The van der Waals surface area contributed by atoms with Crippen LogP contribution < -0.4 is 5.32 Å². The number of ether oxygens (including phenoxy) is 1. The van der Waals surface area contributed by atoms with Crippen LogP contribution in [0.3, 0.4) is 0 Å². The molecule has 5 nitrogen and oxygen atoms in total. The fourth-order valence-electron chi connectivity index (χ4n) is 3.90. The Morgan fingerprint density at radius 2 is 2.04 bits per heavy atom. The van der Waals surface area contributed by atoms with Gasteiger partial charge in [0.2, 0.25) is 5.91 Å². The summed E-state index contributed by atoms with van der Waals surface area (Å²) >= 11 is 1.42. The highest BCUT2D eigenvalue weighted by Crippen LogP contribution is 2.51. The molecule has 1 aliphatic carbocycles. The third-order valence-corrected chi connectivity index (χ3v) is 5.83.